The first-order chi connectivity index (χ1) is 11.1. The third kappa shape index (κ3) is 3.32. The molecule has 8 nitrogen and oxygen atoms in total. The van der Waals surface area contributed by atoms with Crippen molar-refractivity contribution in [2.75, 3.05) is 31.1 Å². The molecule has 23 heavy (non-hydrogen) atoms. The Balaban J connectivity index is 1.61. The van der Waals surface area contributed by atoms with Crippen LogP contribution in [0.5, 0.6) is 0 Å². The molecule has 1 saturated heterocycles. The molecule has 0 unspecified atom stereocenters. The van der Waals surface area contributed by atoms with Gasteiger partial charge in [0.25, 0.3) is 5.91 Å². The lowest BCUT2D eigenvalue weighted by Gasteiger charge is -2.34. The Hall–Kier alpha value is -2.07. The van der Waals surface area contributed by atoms with Crippen LogP contribution < -0.4 is 4.90 Å². The van der Waals surface area contributed by atoms with E-state index in [2.05, 4.69) is 14.3 Å². The normalized spacial score (nSPS) is 15.0. The van der Waals surface area contributed by atoms with Gasteiger partial charge in [0.15, 0.2) is 0 Å². The number of aryl methyl sites for hydroxylation is 1. The second-order valence-corrected chi connectivity index (χ2v) is 6.81. The van der Waals surface area contributed by atoms with E-state index in [1.807, 2.05) is 6.92 Å². The Morgan fingerprint density at radius 1 is 1.35 bits per heavy atom. The summed E-state index contributed by atoms with van der Waals surface area (Å²) in [4.78, 5) is 31.4. The van der Waals surface area contributed by atoms with Crippen LogP contribution in [0.2, 0.25) is 0 Å². The third-order valence-corrected chi connectivity index (χ3v) is 5.43. The summed E-state index contributed by atoms with van der Waals surface area (Å²) in [5, 5.41) is 11.6. The van der Waals surface area contributed by atoms with Crippen LogP contribution in [0.1, 0.15) is 22.4 Å². The number of nitrogens with zero attached hydrogens (tertiary/aromatic N) is 5. The van der Waals surface area contributed by atoms with Crippen LogP contribution in [0, 0.1) is 10.1 Å². The van der Waals surface area contributed by atoms with Crippen LogP contribution in [0.15, 0.2) is 12.1 Å². The molecule has 1 aliphatic rings. The highest BCUT2D eigenvalue weighted by atomic mass is 32.1. The van der Waals surface area contributed by atoms with Crippen molar-refractivity contribution < 1.29 is 9.72 Å². The molecule has 0 spiro atoms. The number of anilines is 1. The summed E-state index contributed by atoms with van der Waals surface area (Å²) in [5.41, 5.74) is 0. The third-order valence-electron chi connectivity index (χ3n) is 3.59. The first-order valence-corrected chi connectivity index (χ1v) is 8.78. The van der Waals surface area contributed by atoms with E-state index in [9.17, 15) is 14.9 Å². The van der Waals surface area contributed by atoms with Crippen molar-refractivity contribution in [3.63, 3.8) is 0 Å². The van der Waals surface area contributed by atoms with Gasteiger partial charge in [-0.3, -0.25) is 14.9 Å². The van der Waals surface area contributed by atoms with Crippen LogP contribution in [-0.4, -0.2) is 51.3 Å². The fourth-order valence-corrected chi connectivity index (χ4v) is 3.90. The van der Waals surface area contributed by atoms with Crippen molar-refractivity contribution in [1.29, 1.82) is 0 Å². The van der Waals surface area contributed by atoms with Gasteiger partial charge in [0.1, 0.15) is 5.82 Å². The van der Waals surface area contributed by atoms with Gasteiger partial charge < -0.3 is 9.80 Å². The molecule has 3 rings (SSSR count). The van der Waals surface area contributed by atoms with Crippen molar-refractivity contribution in [2.24, 2.45) is 0 Å². The molecule has 1 amide bonds. The van der Waals surface area contributed by atoms with Crippen LogP contribution in [0.3, 0.4) is 0 Å². The zero-order valence-electron chi connectivity index (χ0n) is 12.5. The standard InChI is InChI=1S/C13H15N5O3S2/c1-2-10-14-13(23-15-10)17-7-5-16(6-8-17)12(19)9-3-4-11(22-9)18(20)21/h3-4H,2,5-8H2,1H3. The van der Waals surface area contributed by atoms with E-state index in [0.29, 0.717) is 31.1 Å². The van der Waals surface area contributed by atoms with Crippen LogP contribution >= 0.6 is 22.9 Å². The van der Waals surface area contributed by atoms with E-state index in [4.69, 9.17) is 0 Å². The maximum Gasteiger partial charge on any atom is 0.324 e. The first-order valence-electron chi connectivity index (χ1n) is 7.19. The van der Waals surface area contributed by atoms with Gasteiger partial charge in [-0.15, -0.1) is 0 Å². The highest BCUT2D eigenvalue weighted by molar-refractivity contribution is 7.17. The molecule has 0 aromatic carbocycles. The van der Waals surface area contributed by atoms with Gasteiger partial charge in [-0.05, 0) is 6.07 Å². The highest BCUT2D eigenvalue weighted by Crippen LogP contribution is 2.26. The summed E-state index contributed by atoms with van der Waals surface area (Å²) >= 11 is 2.30. The molecule has 0 bridgehead atoms. The monoisotopic (exact) mass is 353 g/mol. The molecule has 0 radical (unpaired) electrons. The lowest BCUT2D eigenvalue weighted by Crippen LogP contribution is -2.48. The summed E-state index contributed by atoms with van der Waals surface area (Å²) in [6, 6.07) is 2.90. The van der Waals surface area contributed by atoms with Gasteiger partial charge >= 0.3 is 5.00 Å². The molecule has 2 aromatic heterocycles. The van der Waals surface area contributed by atoms with Gasteiger partial charge in [-0.1, -0.05) is 18.3 Å². The summed E-state index contributed by atoms with van der Waals surface area (Å²) in [5.74, 6) is 0.698. The molecular weight excluding hydrogens is 338 g/mol. The van der Waals surface area contributed by atoms with E-state index in [0.717, 1.165) is 28.7 Å². The quantitative estimate of drug-likeness (QED) is 0.617. The molecular formula is C13H15N5O3S2. The van der Waals surface area contributed by atoms with Gasteiger partial charge in [0, 0.05) is 50.2 Å². The minimum absolute atomic E-state index is 0.00654. The van der Waals surface area contributed by atoms with Crippen LogP contribution in [-0.2, 0) is 6.42 Å². The van der Waals surface area contributed by atoms with Crippen LogP contribution in [0.25, 0.3) is 0 Å². The highest BCUT2D eigenvalue weighted by Gasteiger charge is 2.26. The number of hydrogen-bond donors (Lipinski definition) is 0. The predicted molar refractivity (Wildman–Crippen MR) is 88.4 cm³/mol. The van der Waals surface area contributed by atoms with Crippen LogP contribution in [0.4, 0.5) is 10.1 Å². The van der Waals surface area contributed by atoms with Gasteiger partial charge in [-0.25, -0.2) is 4.98 Å². The fraction of sp³-hybridized carbons (Fsp3) is 0.462. The summed E-state index contributed by atoms with van der Waals surface area (Å²) in [6.07, 6.45) is 0.812. The number of rotatable bonds is 4. The molecule has 1 fully saturated rings. The number of nitro groups is 1. The van der Waals surface area contributed by atoms with Crippen molar-refractivity contribution >= 4 is 38.9 Å². The van der Waals surface area contributed by atoms with E-state index in [-0.39, 0.29) is 10.9 Å². The van der Waals surface area contributed by atoms with Gasteiger partial charge in [-0.2, -0.15) is 4.37 Å². The van der Waals surface area contributed by atoms with E-state index in [1.165, 1.54) is 23.7 Å². The molecule has 10 heteroatoms. The Morgan fingerprint density at radius 2 is 2.09 bits per heavy atom. The fourth-order valence-electron chi connectivity index (χ4n) is 2.31. The molecule has 0 atom stereocenters. The zero-order valence-corrected chi connectivity index (χ0v) is 14.1. The number of piperazine rings is 1. The number of aromatic nitrogens is 2. The summed E-state index contributed by atoms with van der Waals surface area (Å²) < 4.78 is 4.28. The number of thiophene rings is 1. The SMILES string of the molecule is CCc1nsc(N2CCN(C(=O)c3ccc([N+](=O)[O-])s3)CC2)n1. The molecule has 122 valence electrons. The average Bonchev–Trinajstić information content (AvgIpc) is 3.23. The Bertz CT molecular complexity index is 721. The Kier molecular flexibility index (Phi) is 4.53. The Labute approximate surface area is 140 Å². The maximum atomic E-state index is 12.4. The zero-order chi connectivity index (χ0) is 16.4. The second kappa shape index (κ2) is 6.59. The number of carbonyl (C=O) groups is 1. The molecule has 1 aliphatic heterocycles. The molecule has 0 saturated carbocycles. The number of amides is 1. The van der Waals surface area contributed by atoms with E-state index >= 15 is 0 Å². The molecule has 2 aromatic rings. The van der Waals surface area contributed by atoms with E-state index in [1.54, 1.807) is 4.90 Å². The lowest BCUT2D eigenvalue weighted by atomic mass is 10.3. The summed E-state index contributed by atoms with van der Waals surface area (Å²) in [6.45, 7) is 4.55. The maximum absolute atomic E-state index is 12.4. The first kappa shape index (κ1) is 15.8. The van der Waals surface area contributed by atoms with E-state index < -0.39 is 4.92 Å². The van der Waals surface area contributed by atoms with Crippen molar-refractivity contribution in [3.8, 4) is 0 Å². The molecule has 3 heterocycles. The number of carbonyl (C=O) groups excluding carboxylic acids is 1. The number of hydrogen-bond acceptors (Lipinski definition) is 8. The second-order valence-electron chi connectivity index (χ2n) is 5.02. The van der Waals surface area contributed by atoms with Gasteiger partial charge in [0.2, 0.25) is 5.13 Å². The summed E-state index contributed by atoms with van der Waals surface area (Å²) in [7, 11) is 0. The lowest BCUT2D eigenvalue weighted by molar-refractivity contribution is -0.380. The van der Waals surface area contributed by atoms with Gasteiger partial charge in [0.05, 0.1) is 9.80 Å². The smallest absolute Gasteiger partial charge is 0.324 e. The largest absolute Gasteiger partial charge is 0.343 e. The minimum Gasteiger partial charge on any atom is -0.343 e. The van der Waals surface area contributed by atoms with Crippen molar-refractivity contribution in [3.05, 3.63) is 32.9 Å². The van der Waals surface area contributed by atoms with Crippen molar-refractivity contribution in [1.82, 2.24) is 14.3 Å². The minimum atomic E-state index is -0.472. The average molecular weight is 353 g/mol. The molecule has 0 aliphatic carbocycles. The topological polar surface area (TPSA) is 92.5 Å². The molecule has 0 N–H and O–H groups in total. The van der Waals surface area contributed by atoms with Crippen molar-refractivity contribution in [2.45, 2.75) is 13.3 Å². The predicted octanol–water partition coefficient (Wildman–Crippen LogP) is 2.03. The Morgan fingerprint density at radius 3 is 2.65 bits per heavy atom.